The maximum Gasteiger partial charge on any atom is 0.230 e. The summed E-state index contributed by atoms with van der Waals surface area (Å²) in [6.07, 6.45) is 2.97. The molecule has 1 heterocycles. The number of hydrogen-bond acceptors (Lipinski definition) is 3. The van der Waals surface area contributed by atoms with E-state index in [0.29, 0.717) is 13.0 Å². The molecular formula is C12H21NO3. The van der Waals surface area contributed by atoms with Gasteiger partial charge in [0, 0.05) is 26.1 Å². The summed E-state index contributed by atoms with van der Waals surface area (Å²) in [4.78, 5) is 23.2. The van der Waals surface area contributed by atoms with E-state index in [1.54, 1.807) is 7.11 Å². The molecule has 1 N–H and O–H groups in total. The smallest absolute Gasteiger partial charge is 0.230 e. The number of imide groups is 1. The van der Waals surface area contributed by atoms with E-state index < -0.39 is 0 Å². The SMILES string of the molecule is CCCC1C(=O)NC(=O)CC1(C)CCOC. The molecule has 1 aliphatic rings. The number of methoxy groups -OCH3 is 1. The predicted molar refractivity (Wildman–Crippen MR) is 60.8 cm³/mol. The second-order valence-electron chi connectivity index (χ2n) is 4.83. The third-order valence-corrected chi connectivity index (χ3v) is 3.44. The van der Waals surface area contributed by atoms with Crippen LogP contribution in [0.1, 0.15) is 39.5 Å². The quantitative estimate of drug-likeness (QED) is 0.724. The Balaban J connectivity index is 2.80. The van der Waals surface area contributed by atoms with E-state index in [1.165, 1.54) is 0 Å². The lowest BCUT2D eigenvalue weighted by Gasteiger charge is -2.39. The molecule has 0 bridgehead atoms. The first-order valence-corrected chi connectivity index (χ1v) is 5.86. The molecule has 0 spiro atoms. The summed E-state index contributed by atoms with van der Waals surface area (Å²) in [5, 5.41) is 2.43. The third-order valence-electron chi connectivity index (χ3n) is 3.44. The van der Waals surface area contributed by atoms with Crippen molar-refractivity contribution in [2.45, 2.75) is 39.5 Å². The van der Waals surface area contributed by atoms with E-state index in [0.717, 1.165) is 19.3 Å². The van der Waals surface area contributed by atoms with Crippen LogP contribution in [0.3, 0.4) is 0 Å². The highest BCUT2D eigenvalue weighted by Gasteiger charge is 2.44. The van der Waals surface area contributed by atoms with Gasteiger partial charge in [0.15, 0.2) is 0 Å². The number of carbonyl (C=O) groups is 2. The highest BCUT2D eigenvalue weighted by Crippen LogP contribution is 2.40. The van der Waals surface area contributed by atoms with Crippen LogP contribution in [0, 0.1) is 11.3 Å². The van der Waals surface area contributed by atoms with Crippen molar-refractivity contribution in [2.75, 3.05) is 13.7 Å². The minimum absolute atomic E-state index is 0.0645. The molecule has 2 unspecified atom stereocenters. The predicted octanol–water partition coefficient (Wildman–Crippen LogP) is 1.49. The van der Waals surface area contributed by atoms with Gasteiger partial charge in [0.05, 0.1) is 0 Å². The molecule has 1 aliphatic heterocycles. The average molecular weight is 227 g/mol. The molecule has 2 atom stereocenters. The van der Waals surface area contributed by atoms with Crippen molar-refractivity contribution < 1.29 is 14.3 Å². The molecule has 4 nitrogen and oxygen atoms in total. The van der Waals surface area contributed by atoms with Gasteiger partial charge in [-0.1, -0.05) is 20.3 Å². The summed E-state index contributed by atoms with van der Waals surface area (Å²) in [6, 6.07) is 0. The summed E-state index contributed by atoms with van der Waals surface area (Å²) < 4.78 is 5.06. The lowest BCUT2D eigenvalue weighted by Crippen LogP contribution is -2.51. The van der Waals surface area contributed by atoms with E-state index in [2.05, 4.69) is 12.2 Å². The van der Waals surface area contributed by atoms with Crippen LogP contribution in [-0.4, -0.2) is 25.5 Å². The minimum Gasteiger partial charge on any atom is -0.385 e. The summed E-state index contributed by atoms with van der Waals surface area (Å²) in [5.74, 6) is -0.335. The molecule has 1 saturated heterocycles. The van der Waals surface area contributed by atoms with Crippen LogP contribution in [0.4, 0.5) is 0 Å². The molecule has 0 aromatic carbocycles. The molecule has 4 heteroatoms. The summed E-state index contributed by atoms with van der Waals surface area (Å²) in [6.45, 7) is 4.67. The van der Waals surface area contributed by atoms with Gasteiger partial charge in [-0.2, -0.15) is 0 Å². The van der Waals surface area contributed by atoms with Crippen LogP contribution in [-0.2, 0) is 14.3 Å². The maximum absolute atomic E-state index is 11.8. The first kappa shape index (κ1) is 13.2. The molecule has 0 aliphatic carbocycles. The number of hydrogen-bond donors (Lipinski definition) is 1. The summed E-state index contributed by atoms with van der Waals surface area (Å²) in [5.41, 5.74) is -0.245. The van der Waals surface area contributed by atoms with Crippen molar-refractivity contribution in [2.24, 2.45) is 11.3 Å². The van der Waals surface area contributed by atoms with Crippen molar-refractivity contribution in [1.82, 2.24) is 5.32 Å². The van der Waals surface area contributed by atoms with E-state index in [9.17, 15) is 9.59 Å². The first-order valence-electron chi connectivity index (χ1n) is 5.86. The van der Waals surface area contributed by atoms with Gasteiger partial charge in [0.2, 0.25) is 11.8 Å². The van der Waals surface area contributed by atoms with Crippen molar-refractivity contribution in [3.63, 3.8) is 0 Å². The number of ether oxygens (including phenoxy) is 1. The number of nitrogens with one attached hydrogen (secondary N) is 1. The van der Waals surface area contributed by atoms with Gasteiger partial charge in [-0.15, -0.1) is 0 Å². The zero-order valence-electron chi connectivity index (χ0n) is 10.3. The highest BCUT2D eigenvalue weighted by molar-refractivity contribution is 5.99. The van der Waals surface area contributed by atoms with Crippen molar-refractivity contribution in [1.29, 1.82) is 0 Å². The topological polar surface area (TPSA) is 55.4 Å². The second kappa shape index (κ2) is 5.43. The number of carbonyl (C=O) groups excluding carboxylic acids is 2. The maximum atomic E-state index is 11.8. The van der Waals surface area contributed by atoms with Gasteiger partial charge in [0.25, 0.3) is 0 Å². The van der Waals surface area contributed by atoms with Crippen LogP contribution >= 0.6 is 0 Å². The van der Waals surface area contributed by atoms with Gasteiger partial charge in [-0.3, -0.25) is 14.9 Å². The Kier molecular flexibility index (Phi) is 4.47. The van der Waals surface area contributed by atoms with Gasteiger partial charge in [-0.05, 0) is 18.3 Å². The zero-order chi connectivity index (χ0) is 12.2. The number of amides is 2. The molecule has 1 fully saturated rings. The number of rotatable bonds is 5. The summed E-state index contributed by atoms with van der Waals surface area (Å²) in [7, 11) is 1.64. The highest BCUT2D eigenvalue weighted by atomic mass is 16.5. The monoisotopic (exact) mass is 227 g/mol. The second-order valence-corrected chi connectivity index (χ2v) is 4.83. The molecule has 92 valence electrons. The molecule has 0 saturated carbocycles. The van der Waals surface area contributed by atoms with Gasteiger partial charge < -0.3 is 4.74 Å². The molecular weight excluding hydrogens is 206 g/mol. The summed E-state index contributed by atoms with van der Waals surface area (Å²) >= 11 is 0. The van der Waals surface area contributed by atoms with Gasteiger partial charge in [0.1, 0.15) is 0 Å². The van der Waals surface area contributed by atoms with Gasteiger partial charge in [-0.25, -0.2) is 0 Å². The Bertz CT molecular complexity index is 277. The van der Waals surface area contributed by atoms with Crippen LogP contribution < -0.4 is 5.32 Å². The third kappa shape index (κ3) is 2.82. The van der Waals surface area contributed by atoms with Crippen LogP contribution in [0.15, 0.2) is 0 Å². The first-order chi connectivity index (χ1) is 7.53. The van der Waals surface area contributed by atoms with E-state index in [4.69, 9.17) is 4.74 Å². The van der Waals surface area contributed by atoms with Crippen molar-refractivity contribution in [3.05, 3.63) is 0 Å². The van der Waals surface area contributed by atoms with E-state index in [1.807, 2.05) is 6.92 Å². The fraction of sp³-hybridized carbons (Fsp3) is 0.833. The fourth-order valence-corrected chi connectivity index (χ4v) is 2.44. The van der Waals surface area contributed by atoms with E-state index in [-0.39, 0.29) is 23.1 Å². The van der Waals surface area contributed by atoms with Gasteiger partial charge >= 0.3 is 0 Å². The molecule has 0 aromatic rings. The molecule has 0 aromatic heterocycles. The number of piperidine rings is 1. The largest absolute Gasteiger partial charge is 0.385 e. The Labute approximate surface area is 96.7 Å². The lowest BCUT2D eigenvalue weighted by atomic mass is 9.68. The average Bonchev–Trinajstić information content (AvgIpc) is 2.21. The molecule has 2 amide bonds. The fourth-order valence-electron chi connectivity index (χ4n) is 2.44. The Hall–Kier alpha value is -0.900. The minimum atomic E-state index is -0.245. The molecule has 16 heavy (non-hydrogen) atoms. The van der Waals surface area contributed by atoms with Crippen molar-refractivity contribution in [3.8, 4) is 0 Å². The normalized spacial score (nSPS) is 30.3. The Morgan fingerprint density at radius 2 is 2.19 bits per heavy atom. The molecule has 1 rings (SSSR count). The Morgan fingerprint density at radius 1 is 1.50 bits per heavy atom. The van der Waals surface area contributed by atoms with Crippen LogP contribution in [0.2, 0.25) is 0 Å². The lowest BCUT2D eigenvalue weighted by molar-refractivity contribution is -0.144. The standard InChI is InChI=1S/C12H21NO3/c1-4-5-9-11(15)13-10(14)8-12(9,2)6-7-16-3/h9H,4-8H2,1-3H3,(H,13,14,15). The molecule has 0 radical (unpaired) electrons. The van der Waals surface area contributed by atoms with Crippen molar-refractivity contribution >= 4 is 11.8 Å². The van der Waals surface area contributed by atoms with Crippen LogP contribution in [0.25, 0.3) is 0 Å². The zero-order valence-corrected chi connectivity index (χ0v) is 10.3. The van der Waals surface area contributed by atoms with Crippen LogP contribution in [0.5, 0.6) is 0 Å². The van der Waals surface area contributed by atoms with E-state index >= 15 is 0 Å². The Morgan fingerprint density at radius 3 is 2.75 bits per heavy atom.